The summed E-state index contributed by atoms with van der Waals surface area (Å²) in [5.74, 6) is 1.87. The van der Waals surface area contributed by atoms with Gasteiger partial charge in [0, 0.05) is 18.0 Å². The Kier molecular flexibility index (Phi) is 5.44. The van der Waals surface area contributed by atoms with E-state index in [9.17, 15) is 0 Å². The van der Waals surface area contributed by atoms with Crippen LogP contribution >= 0.6 is 11.6 Å². The molecule has 0 amide bonds. The number of imidazole rings is 1. The van der Waals surface area contributed by atoms with Gasteiger partial charge in [0.25, 0.3) is 0 Å². The van der Waals surface area contributed by atoms with E-state index < -0.39 is 0 Å². The maximum atomic E-state index is 6.09. The number of halogens is 1. The van der Waals surface area contributed by atoms with Crippen LogP contribution in [-0.2, 0) is 13.0 Å². The first-order valence-corrected chi connectivity index (χ1v) is 7.92. The minimum atomic E-state index is 0.703. The van der Waals surface area contributed by atoms with Crippen molar-refractivity contribution < 1.29 is 0 Å². The van der Waals surface area contributed by atoms with Crippen LogP contribution in [0.1, 0.15) is 38.9 Å². The molecule has 20 heavy (non-hydrogen) atoms. The number of nitrogens with zero attached hydrogens (tertiary/aromatic N) is 2. The number of benzene rings is 1. The van der Waals surface area contributed by atoms with Crippen LogP contribution in [0.5, 0.6) is 0 Å². The highest BCUT2D eigenvalue weighted by atomic mass is 35.5. The number of hydrogen-bond acceptors (Lipinski definition) is 2. The lowest BCUT2D eigenvalue weighted by Crippen LogP contribution is -2.10. The second-order valence-corrected chi connectivity index (χ2v) is 5.73. The molecule has 0 fully saturated rings. The van der Waals surface area contributed by atoms with Gasteiger partial charge < -0.3 is 10.3 Å². The summed E-state index contributed by atoms with van der Waals surface area (Å²) in [5.41, 5.74) is 7.85. The van der Waals surface area contributed by atoms with Crippen molar-refractivity contribution in [2.75, 3.05) is 6.54 Å². The monoisotopic (exact) mass is 293 g/mol. The lowest BCUT2D eigenvalue weighted by molar-refractivity contribution is 0.435. The number of rotatable bonds is 7. The molecule has 0 aliphatic carbocycles. The molecule has 0 saturated heterocycles. The fraction of sp³-hybridized carbons (Fsp3) is 0.562. The highest BCUT2D eigenvalue weighted by Gasteiger charge is 2.12. The van der Waals surface area contributed by atoms with Gasteiger partial charge in [-0.15, -0.1) is 0 Å². The summed E-state index contributed by atoms with van der Waals surface area (Å²) in [6.07, 6.45) is 4.47. The van der Waals surface area contributed by atoms with Crippen molar-refractivity contribution in [3.05, 3.63) is 29.0 Å². The van der Waals surface area contributed by atoms with Gasteiger partial charge in [0.1, 0.15) is 5.82 Å². The average molecular weight is 294 g/mol. The van der Waals surface area contributed by atoms with Gasteiger partial charge in [-0.25, -0.2) is 4.98 Å². The van der Waals surface area contributed by atoms with Crippen LogP contribution in [0.4, 0.5) is 0 Å². The van der Waals surface area contributed by atoms with Crippen molar-refractivity contribution in [3.8, 4) is 0 Å². The van der Waals surface area contributed by atoms with E-state index in [1.807, 2.05) is 18.2 Å². The van der Waals surface area contributed by atoms with E-state index in [0.717, 1.165) is 48.4 Å². The fourth-order valence-electron chi connectivity index (χ4n) is 2.81. The first-order valence-electron chi connectivity index (χ1n) is 7.54. The summed E-state index contributed by atoms with van der Waals surface area (Å²) in [7, 11) is 0. The van der Waals surface area contributed by atoms with Gasteiger partial charge in [-0.1, -0.05) is 24.9 Å². The van der Waals surface area contributed by atoms with E-state index in [0.29, 0.717) is 5.92 Å². The number of hydrogen-bond donors (Lipinski definition) is 1. The lowest BCUT2D eigenvalue weighted by atomic mass is 9.96. The van der Waals surface area contributed by atoms with Gasteiger partial charge in [0.15, 0.2) is 0 Å². The summed E-state index contributed by atoms with van der Waals surface area (Å²) in [6, 6.07) is 5.92. The third-order valence-corrected chi connectivity index (χ3v) is 4.27. The molecule has 1 atom stereocenters. The van der Waals surface area contributed by atoms with Crippen LogP contribution in [0.2, 0.25) is 5.02 Å². The van der Waals surface area contributed by atoms with Gasteiger partial charge in [0.2, 0.25) is 0 Å². The molecule has 0 spiro atoms. The average Bonchev–Trinajstić information content (AvgIpc) is 2.80. The minimum absolute atomic E-state index is 0.703. The molecule has 0 saturated carbocycles. The Balaban J connectivity index is 2.21. The quantitative estimate of drug-likeness (QED) is 0.838. The highest BCUT2D eigenvalue weighted by molar-refractivity contribution is 6.31. The van der Waals surface area contributed by atoms with E-state index in [4.69, 9.17) is 22.3 Å². The molecule has 1 aromatic carbocycles. The van der Waals surface area contributed by atoms with Crippen LogP contribution in [0.3, 0.4) is 0 Å². The lowest BCUT2D eigenvalue weighted by Gasteiger charge is -2.13. The summed E-state index contributed by atoms with van der Waals surface area (Å²) in [4.78, 5) is 4.76. The Morgan fingerprint density at radius 1 is 1.30 bits per heavy atom. The zero-order valence-corrected chi connectivity index (χ0v) is 13.2. The number of aryl methyl sites for hydroxylation is 2. The van der Waals surface area contributed by atoms with E-state index in [1.165, 1.54) is 12.2 Å². The van der Waals surface area contributed by atoms with Crippen molar-refractivity contribution in [2.24, 2.45) is 11.7 Å². The molecule has 4 heteroatoms. The Morgan fingerprint density at radius 2 is 2.10 bits per heavy atom. The summed E-state index contributed by atoms with van der Waals surface area (Å²) >= 11 is 6.09. The SMILES string of the molecule is CCC(CCN)CCc1nc2ccc(Cl)cc2n1CC. The summed E-state index contributed by atoms with van der Waals surface area (Å²) in [6.45, 7) is 6.10. The van der Waals surface area contributed by atoms with Crippen molar-refractivity contribution >= 4 is 22.6 Å². The van der Waals surface area contributed by atoms with E-state index >= 15 is 0 Å². The van der Waals surface area contributed by atoms with Gasteiger partial charge >= 0.3 is 0 Å². The Morgan fingerprint density at radius 3 is 2.75 bits per heavy atom. The topological polar surface area (TPSA) is 43.8 Å². The predicted molar refractivity (Wildman–Crippen MR) is 86.2 cm³/mol. The van der Waals surface area contributed by atoms with Crippen LogP contribution in [0, 0.1) is 5.92 Å². The molecule has 1 aromatic heterocycles. The maximum absolute atomic E-state index is 6.09. The molecule has 3 nitrogen and oxygen atoms in total. The number of nitrogens with two attached hydrogens (primary N) is 1. The standard InChI is InChI=1S/C16H24ClN3/c1-3-12(9-10-18)5-8-16-19-14-7-6-13(17)11-15(14)20(16)4-2/h6-7,11-12H,3-5,8-10,18H2,1-2H3. The first-order chi connectivity index (χ1) is 9.69. The highest BCUT2D eigenvalue weighted by Crippen LogP contribution is 2.23. The molecule has 0 aliphatic heterocycles. The Hall–Kier alpha value is -1.06. The van der Waals surface area contributed by atoms with Gasteiger partial charge in [-0.05, 0) is 50.4 Å². The van der Waals surface area contributed by atoms with Crippen molar-refractivity contribution in [1.82, 2.24) is 9.55 Å². The smallest absolute Gasteiger partial charge is 0.109 e. The van der Waals surface area contributed by atoms with E-state index in [2.05, 4.69) is 18.4 Å². The molecule has 110 valence electrons. The molecule has 2 rings (SSSR count). The van der Waals surface area contributed by atoms with Gasteiger partial charge in [-0.2, -0.15) is 0 Å². The Labute approximate surface area is 126 Å². The molecule has 0 aliphatic rings. The van der Waals surface area contributed by atoms with Crippen molar-refractivity contribution in [3.63, 3.8) is 0 Å². The zero-order valence-electron chi connectivity index (χ0n) is 12.4. The van der Waals surface area contributed by atoms with Crippen LogP contribution in [0.15, 0.2) is 18.2 Å². The van der Waals surface area contributed by atoms with Crippen LogP contribution in [-0.4, -0.2) is 16.1 Å². The van der Waals surface area contributed by atoms with Crippen LogP contribution < -0.4 is 5.73 Å². The van der Waals surface area contributed by atoms with Crippen LogP contribution in [0.25, 0.3) is 11.0 Å². The largest absolute Gasteiger partial charge is 0.330 e. The third kappa shape index (κ3) is 3.33. The maximum Gasteiger partial charge on any atom is 0.109 e. The molecular weight excluding hydrogens is 270 g/mol. The second kappa shape index (κ2) is 7.09. The van der Waals surface area contributed by atoms with Crippen molar-refractivity contribution in [2.45, 2.75) is 46.1 Å². The second-order valence-electron chi connectivity index (χ2n) is 5.30. The summed E-state index contributed by atoms with van der Waals surface area (Å²) in [5, 5.41) is 0.771. The molecule has 1 heterocycles. The zero-order chi connectivity index (χ0) is 14.5. The third-order valence-electron chi connectivity index (χ3n) is 4.03. The molecule has 0 radical (unpaired) electrons. The predicted octanol–water partition coefficient (Wildman–Crippen LogP) is 4.02. The van der Waals surface area contributed by atoms with E-state index in [-0.39, 0.29) is 0 Å². The molecule has 1 unspecified atom stereocenters. The minimum Gasteiger partial charge on any atom is -0.330 e. The molecule has 0 bridgehead atoms. The normalized spacial score (nSPS) is 13.0. The first kappa shape index (κ1) is 15.3. The van der Waals surface area contributed by atoms with E-state index in [1.54, 1.807) is 0 Å². The Bertz CT molecular complexity index is 562. The summed E-state index contributed by atoms with van der Waals surface area (Å²) < 4.78 is 2.27. The van der Waals surface area contributed by atoms with Gasteiger partial charge in [0.05, 0.1) is 11.0 Å². The van der Waals surface area contributed by atoms with Gasteiger partial charge in [-0.3, -0.25) is 0 Å². The molecule has 2 N–H and O–H groups in total. The number of fused-ring (bicyclic) bond motifs is 1. The fourth-order valence-corrected chi connectivity index (χ4v) is 2.98. The van der Waals surface area contributed by atoms with Crippen molar-refractivity contribution in [1.29, 1.82) is 0 Å². The molecular formula is C16H24ClN3. The number of aromatic nitrogens is 2. The molecule has 2 aromatic rings.